The van der Waals surface area contributed by atoms with Gasteiger partial charge < -0.3 is 5.32 Å². The van der Waals surface area contributed by atoms with Crippen molar-refractivity contribution in [2.75, 3.05) is 6.54 Å². The molecule has 0 bridgehead atoms. The predicted octanol–water partition coefficient (Wildman–Crippen LogP) is 3.28. The van der Waals surface area contributed by atoms with Gasteiger partial charge in [0.15, 0.2) is 5.17 Å². The third-order valence-electron chi connectivity index (χ3n) is 3.76. The van der Waals surface area contributed by atoms with Crippen LogP contribution in [0.3, 0.4) is 0 Å². The Morgan fingerprint density at radius 3 is 2.50 bits per heavy atom. The molecule has 0 aromatic rings. The number of nitrogens with zero attached hydrogens (tertiary/aromatic N) is 1. The van der Waals surface area contributed by atoms with Crippen molar-refractivity contribution in [1.82, 2.24) is 5.32 Å². The van der Waals surface area contributed by atoms with Crippen molar-refractivity contribution in [2.24, 2.45) is 16.8 Å². The lowest BCUT2D eigenvalue weighted by Gasteiger charge is -2.27. The maximum atomic E-state index is 4.62. The summed E-state index contributed by atoms with van der Waals surface area (Å²) in [6.45, 7) is 7.96. The van der Waals surface area contributed by atoms with Crippen molar-refractivity contribution in [3.63, 3.8) is 0 Å². The van der Waals surface area contributed by atoms with Crippen LogP contribution in [0.2, 0.25) is 0 Å². The summed E-state index contributed by atoms with van der Waals surface area (Å²) in [6, 6.07) is 0.688. The maximum Gasteiger partial charge on any atom is 0.157 e. The van der Waals surface area contributed by atoms with Crippen molar-refractivity contribution >= 4 is 16.9 Å². The van der Waals surface area contributed by atoms with E-state index >= 15 is 0 Å². The zero-order valence-corrected chi connectivity index (χ0v) is 11.5. The Balaban J connectivity index is 1.75. The molecule has 1 heterocycles. The summed E-state index contributed by atoms with van der Waals surface area (Å²) in [6.07, 6.45) is 5.41. The van der Waals surface area contributed by atoms with Crippen LogP contribution in [0.4, 0.5) is 0 Å². The molecule has 0 spiro atoms. The molecule has 3 heteroatoms. The quantitative estimate of drug-likeness (QED) is 0.801. The third-order valence-corrected chi connectivity index (χ3v) is 5.23. The second-order valence-corrected chi connectivity index (χ2v) is 6.88. The second-order valence-electron chi connectivity index (χ2n) is 5.65. The minimum absolute atomic E-state index is 0.688. The molecule has 2 nitrogen and oxygen atoms in total. The van der Waals surface area contributed by atoms with Gasteiger partial charge in [-0.15, -0.1) is 0 Å². The monoisotopic (exact) mass is 240 g/mol. The zero-order valence-electron chi connectivity index (χ0n) is 10.7. The van der Waals surface area contributed by atoms with Crippen molar-refractivity contribution < 1.29 is 0 Å². The van der Waals surface area contributed by atoms with Crippen molar-refractivity contribution in [3.8, 4) is 0 Å². The Morgan fingerprint density at radius 1 is 1.25 bits per heavy atom. The summed E-state index contributed by atoms with van der Waals surface area (Å²) in [7, 11) is 0. The molecule has 0 saturated heterocycles. The highest BCUT2D eigenvalue weighted by atomic mass is 32.2. The van der Waals surface area contributed by atoms with E-state index in [1.807, 2.05) is 11.8 Å². The molecule has 92 valence electrons. The normalized spacial score (nSPS) is 35.2. The van der Waals surface area contributed by atoms with E-state index in [0.717, 1.165) is 18.4 Å². The number of nitrogens with one attached hydrogen (secondary N) is 1. The fourth-order valence-electron chi connectivity index (χ4n) is 2.40. The Bertz CT molecular complexity index is 255. The average Bonchev–Trinajstić information content (AvgIpc) is 2.70. The lowest BCUT2D eigenvalue weighted by Crippen LogP contribution is -2.35. The van der Waals surface area contributed by atoms with Gasteiger partial charge in [0, 0.05) is 11.3 Å². The minimum Gasteiger partial charge on any atom is -0.362 e. The summed E-state index contributed by atoms with van der Waals surface area (Å²) >= 11 is 1.95. The highest BCUT2D eigenvalue weighted by Gasteiger charge is 2.25. The molecular weight excluding hydrogens is 216 g/mol. The molecular formula is C13H24N2S. The average molecular weight is 240 g/mol. The van der Waals surface area contributed by atoms with Crippen LogP contribution in [-0.4, -0.2) is 23.0 Å². The molecule has 1 atom stereocenters. The van der Waals surface area contributed by atoms with Gasteiger partial charge in [0.05, 0.1) is 6.54 Å². The van der Waals surface area contributed by atoms with E-state index in [9.17, 15) is 0 Å². The van der Waals surface area contributed by atoms with Gasteiger partial charge in [0.1, 0.15) is 0 Å². The van der Waals surface area contributed by atoms with Crippen LogP contribution in [0.25, 0.3) is 0 Å². The number of amidine groups is 1. The first-order chi connectivity index (χ1) is 7.65. The Morgan fingerprint density at radius 2 is 1.94 bits per heavy atom. The molecule has 0 amide bonds. The van der Waals surface area contributed by atoms with E-state index in [-0.39, 0.29) is 0 Å². The first-order valence-electron chi connectivity index (χ1n) is 6.62. The van der Waals surface area contributed by atoms with E-state index < -0.39 is 0 Å². The van der Waals surface area contributed by atoms with Gasteiger partial charge in [-0.2, -0.15) is 0 Å². The lowest BCUT2D eigenvalue weighted by atomic mass is 9.87. The molecule has 1 fully saturated rings. The Kier molecular flexibility index (Phi) is 4.17. The van der Waals surface area contributed by atoms with Gasteiger partial charge >= 0.3 is 0 Å². The second kappa shape index (κ2) is 5.44. The molecule has 0 radical (unpaired) electrons. The molecule has 1 unspecified atom stereocenters. The van der Waals surface area contributed by atoms with E-state index in [0.29, 0.717) is 11.3 Å². The molecule has 1 aliphatic carbocycles. The number of thioether (sulfide) groups is 1. The summed E-state index contributed by atoms with van der Waals surface area (Å²) in [5.74, 6) is 1.67. The molecule has 1 saturated carbocycles. The van der Waals surface area contributed by atoms with Gasteiger partial charge in [-0.1, -0.05) is 32.5 Å². The molecule has 1 aliphatic heterocycles. The van der Waals surface area contributed by atoms with Crippen LogP contribution >= 0.6 is 11.8 Å². The number of aliphatic imine (C=N–C) groups is 1. The van der Waals surface area contributed by atoms with E-state index in [2.05, 4.69) is 31.1 Å². The lowest BCUT2D eigenvalue weighted by molar-refractivity contribution is 0.332. The maximum absolute atomic E-state index is 4.62. The van der Waals surface area contributed by atoms with Crippen LogP contribution in [0.5, 0.6) is 0 Å². The highest BCUT2D eigenvalue weighted by molar-refractivity contribution is 8.14. The van der Waals surface area contributed by atoms with Crippen molar-refractivity contribution in [2.45, 2.75) is 57.7 Å². The van der Waals surface area contributed by atoms with Gasteiger partial charge in [0.2, 0.25) is 0 Å². The summed E-state index contributed by atoms with van der Waals surface area (Å²) in [4.78, 5) is 4.62. The van der Waals surface area contributed by atoms with Crippen LogP contribution in [-0.2, 0) is 0 Å². The molecule has 0 aromatic carbocycles. The highest BCUT2D eigenvalue weighted by Crippen LogP contribution is 2.28. The largest absolute Gasteiger partial charge is 0.362 e. The van der Waals surface area contributed by atoms with Gasteiger partial charge in [0.25, 0.3) is 0 Å². The molecule has 0 aromatic heterocycles. The summed E-state index contributed by atoms with van der Waals surface area (Å²) in [5.41, 5.74) is 0. The Hall–Kier alpha value is -0.180. The van der Waals surface area contributed by atoms with Crippen LogP contribution in [0.1, 0.15) is 46.5 Å². The third kappa shape index (κ3) is 3.16. The van der Waals surface area contributed by atoms with Gasteiger partial charge in [-0.25, -0.2) is 0 Å². The van der Waals surface area contributed by atoms with Crippen LogP contribution < -0.4 is 5.32 Å². The fourth-order valence-corrected chi connectivity index (χ4v) is 3.49. The van der Waals surface area contributed by atoms with E-state index in [1.165, 1.54) is 30.9 Å². The molecule has 2 aliphatic rings. The van der Waals surface area contributed by atoms with E-state index in [1.54, 1.807) is 0 Å². The minimum atomic E-state index is 0.688. The first-order valence-corrected chi connectivity index (χ1v) is 7.50. The van der Waals surface area contributed by atoms with Gasteiger partial charge in [-0.3, -0.25) is 4.99 Å². The SMILES string of the molecule is CC1CCC(NC2=NCC(C(C)C)S2)CC1. The molecule has 1 N–H and O–H groups in total. The van der Waals surface area contributed by atoms with Crippen LogP contribution in [0.15, 0.2) is 4.99 Å². The number of hydrogen-bond donors (Lipinski definition) is 1. The number of hydrogen-bond acceptors (Lipinski definition) is 3. The van der Waals surface area contributed by atoms with Crippen LogP contribution in [0, 0.1) is 11.8 Å². The summed E-state index contributed by atoms with van der Waals surface area (Å²) < 4.78 is 0. The van der Waals surface area contributed by atoms with Crippen molar-refractivity contribution in [1.29, 1.82) is 0 Å². The smallest absolute Gasteiger partial charge is 0.157 e. The summed E-state index contributed by atoms with van der Waals surface area (Å²) in [5, 5.41) is 5.54. The predicted molar refractivity (Wildman–Crippen MR) is 73.1 cm³/mol. The Labute approximate surface area is 104 Å². The van der Waals surface area contributed by atoms with Gasteiger partial charge in [-0.05, 0) is 37.5 Å². The molecule has 16 heavy (non-hydrogen) atoms. The fraction of sp³-hybridized carbons (Fsp3) is 0.923. The number of rotatable bonds is 2. The molecule has 2 rings (SSSR count). The topological polar surface area (TPSA) is 24.4 Å². The first kappa shape index (κ1) is 12.3. The van der Waals surface area contributed by atoms with Crippen molar-refractivity contribution in [3.05, 3.63) is 0 Å². The van der Waals surface area contributed by atoms with E-state index in [4.69, 9.17) is 0 Å². The standard InChI is InChI=1S/C13H24N2S/c1-9(2)12-8-14-13(16-12)15-11-6-4-10(3)5-7-11/h9-12H,4-8H2,1-3H3,(H,14,15). The zero-order chi connectivity index (χ0) is 11.5.